The summed E-state index contributed by atoms with van der Waals surface area (Å²) in [6.07, 6.45) is 16.8. The Labute approximate surface area is 221 Å². The molecular formula is C28H44N4O5. The molecule has 1 aromatic rings. The molecule has 0 aromatic carbocycles. The normalized spacial score (nSPS) is 18.4. The van der Waals surface area contributed by atoms with Crippen LogP contribution in [0.25, 0.3) is 0 Å². The first-order chi connectivity index (χ1) is 17.9. The second kappa shape index (κ2) is 16.8. The molecule has 0 bridgehead atoms. The summed E-state index contributed by atoms with van der Waals surface area (Å²) in [7, 11) is 0. The van der Waals surface area contributed by atoms with Crippen molar-refractivity contribution in [2.45, 2.75) is 123 Å². The van der Waals surface area contributed by atoms with E-state index in [2.05, 4.69) is 28.5 Å². The summed E-state index contributed by atoms with van der Waals surface area (Å²) >= 11 is 0. The number of rotatable bonds is 20. The van der Waals surface area contributed by atoms with Crippen molar-refractivity contribution in [2.75, 3.05) is 0 Å². The van der Waals surface area contributed by atoms with Gasteiger partial charge in [0.15, 0.2) is 0 Å². The summed E-state index contributed by atoms with van der Waals surface area (Å²) in [5, 5.41) is 11.1. The van der Waals surface area contributed by atoms with E-state index in [-0.39, 0.29) is 23.9 Å². The first-order valence-electron chi connectivity index (χ1n) is 13.8. The van der Waals surface area contributed by atoms with Gasteiger partial charge < -0.3 is 14.8 Å². The summed E-state index contributed by atoms with van der Waals surface area (Å²) in [5.74, 6) is 1.94. The molecule has 0 spiro atoms. The van der Waals surface area contributed by atoms with Crippen molar-refractivity contribution in [1.82, 2.24) is 20.3 Å². The lowest BCUT2D eigenvalue weighted by molar-refractivity contribution is -0.190. The molecule has 1 fully saturated rings. The number of aromatic nitrogens is 3. The molecule has 1 aliphatic heterocycles. The monoisotopic (exact) mass is 516 g/mol. The number of carbonyl (C=O) groups excluding carboxylic acids is 3. The second-order valence-corrected chi connectivity index (χ2v) is 10.4. The van der Waals surface area contributed by atoms with Crippen LogP contribution in [0.15, 0.2) is 6.20 Å². The molecule has 0 unspecified atom stereocenters. The minimum Gasteiger partial charge on any atom is -0.461 e. The highest BCUT2D eigenvalue weighted by Gasteiger charge is 2.43. The molecule has 0 aliphatic carbocycles. The Hall–Kier alpha value is -2.89. The van der Waals surface area contributed by atoms with Crippen molar-refractivity contribution in [3.63, 3.8) is 0 Å². The molecule has 1 aromatic heterocycles. The highest BCUT2D eigenvalue weighted by molar-refractivity contribution is 5.79. The Bertz CT molecular complexity index is 878. The highest BCUT2D eigenvalue weighted by Crippen LogP contribution is 2.32. The quantitative estimate of drug-likeness (QED) is 0.121. The van der Waals surface area contributed by atoms with E-state index < -0.39 is 18.1 Å². The Kier molecular flexibility index (Phi) is 13.8. The van der Waals surface area contributed by atoms with Crippen molar-refractivity contribution < 1.29 is 23.9 Å². The lowest BCUT2D eigenvalue weighted by Gasteiger charge is -2.37. The van der Waals surface area contributed by atoms with Crippen LogP contribution in [0.2, 0.25) is 0 Å². The van der Waals surface area contributed by atoms with E-state index >= 15 is 0 Å². The maximum Gasteiger partial charge on any atom is 0.328 e. The van der Waals surface area contributed by atoms with Gasteiger partial charge in [0, 0.05) is 25.6 Å². The van der Waals surface area contributed by atoms with Crippen LogP contribution in [0.1, 0.15) is 97.1 Å². The fraction of sp³-hybridized carbons (Fsp3) is 0.750. The Morgan fingerprint density at radius 3 is 2.78 bits per heavy atom. The van der Waals surface area contributed by atoms with Crippen molar-refractivity contribution >= 4 is 18.3 Å². The van der Waals surface area contributed by atoms with Gasteiger partial charge in [0.1, 0.15) is 18.2 Å². The molecule has 0 saturated carbocycles. The number of amides is 1. The molecule has 1 saturated heterocycles. The molecule has 2 rings (SSSR count). The van der Waals surface area contributed by atoms with Crippen LogP contribution in [0, 0.1) is 24.2 Å². The third-order valence-corrected chi connectivity index (χ3v) is 6.69. The molecule has 1 N–H and O–H groups in total. The lowest BCUT2D eigenvalue weighted by Crippen LogP contribution is -2.48. The lowest BCUT2D eigenvalue weighted by atomic mass is 9.86. The summed E-state index contributed by atoms with van der Waals surface area (Å²) in [4.78, 5) is 36.1. The van der Waals surface area contributed by atoms with Crippen LogP contribution < -0.4 is 5.32 Å². The van der Waals surface area contributed by atoms with Crippen molar-refractivity contribution in [3.8, 4) is 12.3 Å². The van der Waals surface area contributed by atoms with E-state index in [1.807, 2.05) is 24.7 Å². The minimum atomic E-state index is -0.715. The average Bonchev–Trinajstić information content (AvgIpc) is 3.31. The van der Waals surface area contributed by atoms with Gasteiger partial charge in [-0.25, -0.2) is 4.79 Å². The molecule has 9 heteroatoms. The second-order valence-electron chi connectivity index (χ2n) is 10.4. The first kappa shape index (κ1) is 30.3. The van der Waals surface area contributed by atoms with Crippen molar-refractivity contribution in [1.29, 1.82) is 0 Å². The Morgan fingerprint density at radius 2 is 2.11 bits per heavy atom. The van der Waals surface area contributed by atoms with Gasteiger partial charge in [-0.15, -0.1) is 17.4 Å². The van der Waals surface area contributed by atoms with Gasteiger partial charge in [0.2, 0.25) is 6.41 Å². The number of esters is 2. The van der Waals surface area contributed by atoms with Crippen LogP contribution in [0.3, 0.4) is 0 Å². The first-order valence-corrected chi connectivity index (χ1v) is 13.8. The predicted molar refractivity (Wildman–Crippen MR) is 140 cm³/mol. The number of hydrogen-bond donors (Lipinski definition) is 1. The summed E-state index contributed by atoms with van der Waals surface area (Å²) in [5.41, 5.74) is 0.831. The van der Waals surface area contributed by atoms with Crippen LogP contribution >= 0.6 is 0 Å². The van der Waals surface area contributed by atoms with Gasteiger partial charge in [-0.2, -0.15) is 0 Å². The molecule has 37 heavy (non-hydrogen) atoms. The average molecular weight is 517 g/mol. The third-order valence-electron chi connectivity index (χ3n) is 6.69. The fourth-order valence-electron chi connectivity index (χ4n) is 4.59. The van der Waals surface area contributed by atoms with E-state index in [1.54, 1.807) is 0 Å². The highest BCUT2D eigenvalue weighted by atomic mass is 16.6. The number of aryl methyl sites for hydroxylation is 2. The Balaban J connectivity index is 2.00. The van der Waals surface area contributed by atoms with Gasteiger partial charge in [-0.05, 0) is 44.4 Å². The van der Waals surface area contributed by atoms with Crippen LogP contribution in [-0.2, 0) is 36.8 Å². The number of cyclic esters (lactones) is 1. The number of nitrogens with one attached hydrogen (secondary N) is 1. The van der Waals surface area contributed by atoms with Crippen molar-refractivity contribution in [3.05, 3.63) is 11.9 Å². The standard InChI is InChI=1S/C28H44N4O5/c1-5-7-9-11-13-24-26(37-27(24)34)18-23(36-28(35)25(29-20-33)17-21(3)4)15-14-22-19-32(31-30-22)16-12-10-8-6-2/h1,19-21,23-26H,6-18H2,2-4H3,(H,29,33)/t23-,24-,25-,26-/m0/s1. The van der Waals surface area contributed by atoms with Crippen LogP contribution in [0.5, 0.6) is 0 Å². The van der Waals surface area contributed by atoms with Gasteiger partial charge in [0.05, 0.1) is 11.6 Å². The molecule has 0 radical (unpaired) electrons. The van der Waals surface area contributed by atoms with E-state index in [0.29, 0.717) is 44.9 Å². The predicted octanol–water partition coefficient (Wildman–Crippen LogP) is 3.99. The topological polar surface area (TPSA) is 112 Å². The molecule has 1 aliphatic rings. The maximum atomic E-state index is 12.9. The smallest absolute Gasteiger partial charge is 0.328 e. The maximum absolute atomic E-state index is 12.9. The molecule has 206 valence electrons. The van der Waals surface area contributed by atoms with Gasteiger partial charge in [0.25, 0.3) is 0 Å². The number of unbranched alkanes of at least 4 members (excludes halogenated alkanes) is 5. The minimum absolute atomic E-state index is 0.204. The summed E-state index contributed by atoms with van der Waals surface area (Å²) in [6.45, 7) is 6.98. The zero-order valence-corrected chi connectivity index (χ0v) is 22.7. The number of hydrogen-bond acceptors (Lipinski definition) is 7. The van der Waals surface area contributed by atoms with E-state index in [1.165, 1.54) is 19.3 Å². The van der Waals surface area contributed by atoms with E-state index in [4.69, 9.17) is 15.9 Å². The van der Waals surface area contributed by atoms with Gasteiger partial charge >= 0.3 is 11.9 Å². The number of ether oxygens (including phenoxy) is 2. The van der Waals surface area contributed by atoms with Gasteiger partial charge in [-0.1, -0.05) is 51.7 Å². The fourth-order valence-corrected chi connectivity index (χ4v) is 4.59. The number of nitrogens with zero attached hydrogens (tertiary/aromatic N) is 3. The van der Waals surface area contributed by atoms with E-state index in [0.717, 1.165) is 31.5 Å². The molecule has 2 heterocycles. The van der Waals surface area contributed by atoms with Gasteiger partial charge in [-0.3, -0.25) is 14.3 Å². The zero-order chi connectivity index (χ0) is 27.0. The zero-order valence-electron chi connectivity index (χ0n) is 22.7. The third kappa shape index (κ3) is 10.9. The number of terminal acetylenes is 1. The molecule has 1 amide bonds. The van der Waals surface area contributed by atoms with Crippen LogP contribution in [-0.4, -0.2) is 51.6 Å². The molecule has 4 atom stereocenters. The summed E-state index contributed by atoms with van der Waals surface area (Å²) < 4.78 is 13.2. The SMILES string of the molecule is C#CCCCC[C@@H]1C(=O)O[C@H]1C[C@H](CCc1cn(CCCCCC)nn1)OC(=O)[C@H](CC(C)C)NC=O. The Morgan fingerprint density at radius 1 is 1.30 bits per heavy atom. The van der Waals surface area contributed by atoms with Crippen molar-refractivity contribution in [2.24, 2.45) is 11.8 Å². The molecule has 9 nitrogen and oxygen atoms in total. The summed E-state index contributed by atoms with van der Waals surface area (Å²) in [6, 6.07) is -0.715. The van der Waals surface area contributed by atoms with Crippen LogP contribution in [0.4, 0.5) is 0 Å². The van der Waals surface area contributed by atoms with E-state index in [9.17, 15) is 14.4 Å². The largest absolute Gasteiger partial charge is 0.461 e. The number of carbonyl (C=O) groups is 3. The molecular weight excluding hydrogens is 472 g/mol.